The summed E-state index contributed by atoms with van der Waals surface area (Å²) in [5, 5.41) is 6.52. The average molecular weight is 213 g/mol. The van der Waals surface area contributed by atoms with E-state index in [1.807, 2.05) is 32.0 Å². The van der Waals surface area contributed by atoms with Crippen molar-refractivity contribution in [3.05, 3.63) is 48.0 Å². The molecule has 2 nitrogen and oxygen atoms in total. The Balaban J connectivity index is 2.52. The van der Waals surface area contributed by atoms with E-state index in [9.17, 15) is 0 Å². The lowest BCUT2D eigenvalue weighted by Gasteiger charge is -2.05. The Labute approximate surface area is 95.5 Å². The number of oxime groups is 1. The number of benzene rings is 2. The minimum atomic E-state index is 0.599. The lowest BCUT2D eigenvalue weighted by molar-refractivity contribution is 0.159. The van der Waals surface area contributed by atoms with Gasteiger partial charge in [0.2, 0.25) is 0 Å². The fourth-order valence-electron chi connectivity index (χ4n) is 1.75. The topological polar surface area (TPSA) is 21.6 Å². The number of rotatable bonds is 3. The van der Waals surface area contributed by atoms with Crippen molar-refractivity contribution in [1.29, 1.82) is 0 Å². The molecule has 0 aliphatic carbocycles. The normalized spacial score (nSPS) is 11.8. The molecule has 0 fully saturated rings. The van der Waals surface area contributed by atoms with Crippen molar-refractivity contribution in [2.75, 3.05) is 6.61 Å². The van der Waals surface area contributed by atoms with Crippen LogP contribution < -0.4 is 0 Å². The van der Waals surface area contributed by atoms with Crippen molar-refractivity contribution in [3.63, 3.8) is 0 Å². The maximum absolute atomic E-state index is 5.09. The zero-order valence-electron chi connectivity index (χ0n) is 9.60. The van der Waals surface area contributed by atoms with Crippen LogP contribution in [-0.4, -0.2) is 12.3 Å². The van der Waals surface area contributed by atoms with Crippen LogP contribution in [-0.2, 0) is 4.84 Å². The van der Waals surface area contributed by atoms with Gasteiger partial charge in [0.1, 0.15) is 6.61 Å². The predicted octanol–water partition coefficient (Wildman–Crippen LogP) is 3.60. The van der Waals surface area contributed by atoms with Crippen LogP contribution in [0.1, 0.15) is 19.4 Å². The van der Waals surface area contributed by atoms with Crippen molar-refractivity contribution in [1.82, 2.24) is 0 Å². The smallest absolute Gasteiger partial charge is 0.114 e. The van der Waals surface area contributed by atoms with Gasteiger partial charge in [-0.15, -0.1) is 0 Å². The van der Waals surface area contributed by atoms with Crippen LogP contribution in [0.2, 0.25) is 0 Å². The zero-order chi connectivity index (χ0) is 11.4. The molecular formula is C14H15NO. The van der Waals surface area contributed by atoms with Gasteiger partial charge in [-0.3, -0.25) is 0 Å². The summed E-state index contributed by atoms with van der Waals surface area (Å²) in [6.45, 7) is 4.50. The van der Waals surface area contributed by atoms with Gasteiger partial charge in [-0.05, 0) is 24.6 Å². The molecule has 0 atom stereocenters. The highest BCUT2D eigenvalue weighted by molar-refractivity contribution is 6.09. The fourth-order valence-corrected chi connectivity index (χ4v) is 1.75. The predicted molar refractivity (Wildman–Crippen MR) is 67.8 cm³/mol. The van der Waals surface area contributed by atoms with E-state index in [0.29, 0.717) is 6.61 Å². The highest BCUT2D eigenvalue weighted by Crippen LogP contribution is 2.19. The Morgan fingerprint density at radius 1 is 1.12 bits per heavy atom. The van der Waals surface area contributed by atoms with Crippen LogP contribution in [0, 0.1) is 0 Å². The van der Waals surface area contributed by atoms with Gasteiger partial charge in [-0.2, -0.15) is 0 Å². The van der Waals surface area contributed by atoms with Gasteiger partial charge >= 0.3 is 0 Å². The largest absolute Gasteiger partial charge is 0.396 e. The molecule has 0 N–H and O–H groups in total. The minimum absolute atomic E-state index is 0.599. The Kier molecular flexibility index (Phi) is 3.20. The minimum Gasteiger partial charge on any atom is -0.396 e. The average Bonchev–Trinajstić information content (AvgIpc) is 2.35. The molecule has 2 aromatic rings. The third-order valence-electron chi connectivity index (χ3n) is 2.51. The van der Waals surface area contributed by atoms with Crippen molar-refractivity contribution in [2.24, 2.45) is 5.16 Å². The third-order valence-corrected chi connectivity index (χ3v) is 2.51. The molecule has 0 saturated carbocycles. The maximum atomic E-state index is 5.09. The Morgan fingerprint density at radius 2 is 1.88 bits per heavy atom. The second-order valence-electron chi connectivity index (χ2n) is 3.62. The summed E-state index contributed by atoms with van der Waals surface area (Å²) in [6.07, 6.45) is 0. The number of nitrogens with zero attached hydrogens (tertiary/aromatic N) is 1. The van der Waals surface area contributed by atoms with Gasteiger partial charge in [0.15, 0.2) is 0 Å². The number of hydrogen-bond acceptors (Lipinski definition) is 2. The molecule has 0 aliphatic rings. The highest BCUT2D eigenvalue weighted by atomic mass is 16.6. The molecule has 16 heavy (non-hydrogen) atoms. The lowest BCUT2D eigenvalue weighted by atomic mass is 10.0. The van der Waals surface area contributed by atoms with E-state index in [2.05, 4.69) is 29.4 Å². The van der Waals surface area contributed by atoms with Crippen LogP contribution >= 0.6 is 0 Å². The SMILES string of the molecule is CCO/N=C(\C)c1cccc2ccccc12. The van der Waals surface area contributed by atoms with Crippen molar-refractivity contribution in [2.45, 2.75) is 13.8 Å². The summed E-state index contributed by atoms with van der Waals surface area (Å²) in [4.78, 5) is 5.09. The van der Waals surface area contributed by atoms with Crippen molar-refractivity contribution >= 4 is 16.5 Å². The summed E-state index contributed by atoms with van der Waals surface area (Å²) in [5.74, 6) is 0. The van der Waals surface area contributed by atoms with Crippen LogP contribution in [0.25, 0.3) is 10.8 Å². The second-order valence-corrected chi connectivity index (χ2v) is 3.62. The standard InChI is InChI=1S/C14H15NO/c1-3-16-15-11(2)13-10-6-8-12-7-4-5-9-14(12)13/h4-10H,3H2,1-2H3/b15-11+. The van der Waals surface area contributed by atoms with E-state index in [4.69, 9.17) is 4.84 Å². The van der Waals surface area contributed by atoms with Gasteiger partial charge in [-0.25, -0.2) is 0 Å². The first kappa shape index (κ1) is 10.7. The molecule has 0 saturated heterocycles. The van der Waals surface area contributed by atoms with E-state index >= 15 is 0 Å². The Bertz CT molecular complexity index is 512. The quantitative estimate of drug-likeness (QED) is 0.564. The first-order chi connectivity index (χ1) is 7.83. The molecular weight excluding hydrogens is 198 g/mol. The Morgan fingerprint density at radius 3 is 2.69 bits per heavy atom. The van der Waals surface area contributed by atoms with Crippen molar-refractivity contribution < 1.29 is 4.84 Å². The molecule has 0 radical (unpaired) electrons. The van der Waals surface area contributed by atoms with Crippen molar-refractivity contribution in [3.8, 4) is 0 Å². The fraction of sp³-hybridized carbons (Fsp3) is 0.214. The van der Waals surface area contributed by atoms with E-state index in [-0.39, 0.29) is 0 Å². The molecule has 0 aromatic heterocycles. The van der Waals surface area contributed by atoms with Gasteiger partial charge in [0.05, 0.1) is 5.71 Å². The van der Waals surface area contributed by atoms with Crippen LogP contribution in [0.5, 0.6) is 0 Å². The van der Waals surface area contributed by atoms with E-state index in [1.54, 1.807) is 0 Å². The first-order valence-electron chi connectivity index (χ1n) is 5.47. The molecule has 0 heterocycles. The van der Waals surface area contributed by atoms with Crippen LogP contribution in [0.4, 0.5) is 0 Å². The Hall–Kier alpha value is -1.83. The number of fused-ring (bicyclic) bond motifs is 1. The molecule has 0 bridgehead atoms. The summed E-state index contributed by atoms with van der Waals surface area (Å²) >= 11 is 0. The molecule has 0 spiro atoms. The summed E-state index contributed by atoms with van der Waals surface area (Å²) in [5.41, 5.74) is 2.05. The van der Waals surface area contributed by atoms with Gasteiger partial charge in [0, 0.05) is 5.56 Å². The molecule has 2 heteroatoms. The third kappa shape index (κ3) is 2.06. The van der Waals surface area contributed by atoms with Gasteiger partial charge < -0.3 is 4.84 Å². The molecule has 82 valence electrons. The molecule has 2 aromatic carbocycles. The second kappa shape index (κ2) is 4.79. The lowest BCUT2D eigenvalue weighted by Crippen LogP contribution is -1.97. The highest BCUT2D eigenvalue weighted by Gasteiger charge is 2.03. The summed E-state index contributed by atoms with van der Waals surface area (Å²) in [6, 6.07) is 14.5. The number of hydrogen-bond donors (Lipinski definition) is 0. The summed E-state index contributed by atoms with van der Waals surface area (Å²) in [7, 11) is 0. The van der Waals surface area contributed by atoms with E-state index in [0.717, 1.165) is 11.3 Å². The van der Waals surface area contributed by atoms with Crippen LogP contribution in [0.3, 0.4) is 0 Å². The first-order valence-corrected chi connectivity index (χ1v) is 5.47. The van der Waals surface area contributed by atoms with E-state index in [1.165, 1.54) is 10.8 Å². The monoisotopic (exact) mass is 213 g/mol. The maximum Gasteiger partial charge on any atom is 0.114 e. The molecule has 2 rings (SSSR count). The van der Waals surface area contributed by atoms with Crippen LogP contribution in [0.15, 0.2) is 47.6 Å². The van der Waals surface area contributed by atoms with Gasteiger partial charge in [-0.1, -0.05) is 47.6 Å². The van der Waals surface area contributed by atoms with Gasteiger partial charge in [0.25, 0.3) is 0 Å². The molecule has 0 unspecified atom stereocenters. The zero-order valence-corrected chi connectivity index (χ0v) is 9.60. The summed E-state index contributed by atoms with van der Waals surface area (Å²) < 4.78 is 0. The molecule has 0 aliphatic heterocycles. The molecule has 0 amide bonds. The van der Waals surface area contributed by atoms with E-state index < -0.39 is 0 Å².